The molecular formula is C21H33N3O3S. The van der Waals surface area contributed by atoms with E-state index in [1.165, 1.54) is 5.56 Å². The number of hydrogen-bond donors (Lipinski definition) is 1. The average Bonchev–Trinajstić information content (AvgIpc) is 2.68. The molecule has 0 radical (unpaired) electrons. The van der Waals surface area contributed by atoms with E-state index in [9.17, 15) is 13.2 Å². The molecule has 1 N–H and O–H groups in total. The highest BCUT2D eigenvalue weighted by Crippen LogP contribution is 2.27. The Kier molecular flexibility index (Phi) is 7.12. The van der Waals surface area contributed by atoms with E-state index in [1.807, 2.05) is 18.2 Å². The van der Waals surface area contributed by atoms with Crippen LogP contribution in [0.15, 0.2) is 30.3 Å². The number of carbonyl (C=O) groups excluding carboxylic acids is 1. The zero-order chi connectivity index (χ0) is 20.1. The number of nitrogens with zero attached hydrogens (tertiary/aromatic N) is 2. The molecule has 0 saturated carbocycles. The van der Waals surface area contributed by atoms with Crippen LogP contribution in [0.3, 0.4) is 0 Å². The zero-order valence-corrected chi connectivity index (χ0v) is 17.8. The molecule has 0 aliphatic carbocycles. The molecule has 2 saturated heterocycles. The van der Waals surface area contributed by atoms with Gasteiger partial charge in [0, 0.05) is 38.6 Å². The summed E-state index contributed by atoms with van der Waals surface area (Å²) in [5, 5.41) is 3.01. The third-order valence-corrected chi connectivity index (χ3v) is 7.84. The maximum atomic E-state index is 13.0. The average molecular weight is 408 g/mol. The van der Waals surface area contributed by atoms with Crippen molar-refractivity contribution in [1.29, 1.82) is 0 Å². The molecule has 156 valence electrons. The van der Waals surface area contributed by atoms with Gasteiger partial charge in [0.25, 0.3) is 10.2 Å². The summed E-state index contributed by atoms with van der Waals surface area (Å²) >= 11 is 0. The Labute approximate surface area is 169 Å². The van der Waals surface area contributed by atoms with Crippen molar-refractivity contribution in [3.8, 4) is 0 Å². The monoisotopic (exact) mass is 407 g/mol. The molecule has 2 heterocycles. The van der Waals surface area contributed by atoms with Crippen molar-refractivity contribution in [2.75, 3.05) is 32.7 Å². The van der Waals surface area contributed by atoms with Crippen LogP contribution in [0.2, 0.25) is 0 Å². The van der Waals surface area contributed by atoms with E-state index in [1.54, 1.807) is 8.61 Å². The minimum atomic E-state index is -3.42. The predicted molar refractivity (Wildman–Crippen MR) is 111 cm³/mol. The van der Waals surface area contributed by atoms with Gasteiger partial charge in [-0.1, -0.05) is 44.2 Å². The van der Waals surface area contributed by atoms with Gasteiger partial charge in [0.05, 0.1) is 0 Å². The highest BCUT2D eigenvalue weighted by Gasteiger charge is 2.37. The second-order valence-corrected chi connectivity index (χ2v) is 10.4. The standard InChI is InChI=1S/C21H33N3O3S/c1-17-14-18(2)16-24(15-17)28(26,27)23-12-9-20(10-13-23)21(25)22-11-8-19-6-4-3-5-7-19/h3-7,17-18,20H,8-16H2,1-2H3,(H,22,25)/t17-,18-/m0/s1. The van der Waals surface area contributed by atoms with Crippen LogP contribution in [-0.2, 0) is 21.4 Å². The Bertz CT molecular complexity index is 735. The van der Waals surface area contributed by atoms with E-state index < -0.39 is 10.2 Å². The van der Waals surface area contributed by atoms with Crippen molar-refractivity contribution >= 4 is 16.1 Å². The first-order chi connectivity index (χ1) is 13.4. The Hall–Kier alpha value is -1.44. The van der Waals surface area contributed by atoms with Crippen LogP contribution < -0.4 is 5.32 Å². The van der Waals surface area contributed by atoms with E-state index in [2.05, 4.69) is 31.3 Å². The quantitative estimate of drug-likeness (QED) is 0.787. The van der Waals surface area contributed by atoms with Gasteiger partial charge in [-0.25, -0.2) is 0 Å². The highest BCUT2D eigenvalue weighted by molar-refractivity contribution is 7.86. The number of carbonyl (C=O) groups is 1. The second-order valence-electron chi connectivity index (χ2n) is 8.47. The zero-order valence-electron chi connectivity index (χ0n) is 17.0. The summed E-state index contributed by atoms with van der Waals surface area (Å²) in [5.74, 6) is 0.743. The first-order valence-corrected chi connectivity index (χ1v) is 11.8. The van der Waals surface area contributed by atoms with Crippen LogP contribution in [0.5, 0.6) is 0 Å². The number of nitrogens with one attached hydrogen (secondary N) is 1. The van der Waals surface area contributed by atoms with Crippen molar-refractivity contribution in [3.63, 3.8) is 0 Å². The fraction of sp³-hybridized carbons (Fsp3) is 0.667. The smallest absolute Gasteiger partial charge is 0.281 e. The minimum Gasteiger partial charge on any atom is -0.356 e. The lowest BCUT2D eigenvalue weighted by molar-refractivity contribution is -0.126. The normalized spacial score (nSPS) is 25.5. The Morgan fingerprint density at radius 1 is 1.04 bits per heavy atom. The molecule has 2 fully saturated rings. The van der Waals surface area contributed by atoms with Crippen molar-refractivity contribution < 1.29 is 13.2 Å². The van der Waals surface area contributed by atoms with Gasteiger partial charge in [-0.3, -0.25) is 4.79 Å². The molecule has 3 rings (SSSR count). The summed E-state index contributed by atoms with van der Waals surface area (Å²) in [5.41, 5.74) is 1.20. The molecule has 2 aliphatic heterocycles. The maximum Gasteiger partial charge on any atom is 0.281 e. The number of benzene rings is 1. The van der Waals surface area contributed by atoms with Crippen LogP contribution >= 0.6 is 0 Å². The summed E-state index contributed by atoms with van der Waals surface area (Å²) in [6.07, 6.45) is 3.08. The van der Waals surface area contributed by atoms with Crippen molar-refractivity contribution in [3.05, 3.63) is 35.9 Å². The van der Waals surface area contributed by atoms with Crippen LogP contribution in [0.25, 0.3) is 0 Å². The van der Waals surface area contributed by atoms with Gasteiger partial charge in [0.2, 0.25) is 5.91 Å². The number of hydrogen-bond acceptors (Lipinski definition) is 3. The molecule has 1 aromatic carbocycles. The Balaban J connectivity index is 1.46. The summed E-state index contributed by atoms with van der Waals surface area (Å²) < 4.78 is 29.2. The van der Waals surface area contributed by atoms with Crippen molar-refractivity contribution in [2.24, 2.45) is 17.8 Å². The van der Waals surface area contributed by atoms with Crippen LogP contribution in [0.4, 0.5) is 0 Å². The largest absolute Gasteiger partial charge is 0.356 e. The van der Waals surface area contributed by atoms with Gasteiger partial charge in [0.15, 0.2) is 0 Å². The van der Waals surface area contributed by atoms with Crippen LogP contribution in [-0.4, -0.2) is 55.7 Å². The van der Waals surface area contributed by atoms with Crippen molar-refractivity contribution in [1.82, 2.24) is 13.9 Å². The van der Waals surface area contributed by atoms with E-state index in [0.29, 0.717) is 57.4 Å². The molecule has 0 aromatic heterocycles. The fourth-order valence-electron chi connectivity index (χ4n) is 4.43. The van der Waals surface area contributed by atoms with E-state index in [4.69, 9.17) is 0 Å². The SMILES string of the molecule is C[C@H]1C[C@H](C)CN(S(=O)(=O)N2CCC(C(=O)NCCc3ccccc3)CC2)C1. The first-order valence-electron chi connectivity index (χ1n) is 10.4. The lowest BCUT2D eigenvalue weighted by atomic mass is 9.94. The minimum absolute atomic E-state index is 0.0493. The topological polar surface area (TPSA) is 69.7 Å². The molecule has 2 atom stereocenters. The maximum absolute atomic E-state index is 13.0. The van der Waals surface area contributed by atoms with Gasteiger partial charge in [-0.15, -0.1) is 0 Å². The molecule has 2 aliphatic rings. The third-order valence-electron chi connectivity index (χ3n) is 5.87. The van der Waals surface area contributed by atoms with Gasteiger partial charge in [-0.2, -0.15) is 17.0 Å². The lowest BCUT2D eigenvalue weighted by Crippen LogP contribution is -2.52. The Morgan fingerprint density at radius 3 is 2.25 bits per heavy atom. The van der Waals surface area contributed by atoms with Crippen LogP contribution in [0, 0.1) is 17.8 Å². The molecule has 0 bridgehead atoms. The first kappa shape index (κ1) is 21.3. The van der Waals surface area contributed by atoms with Crippen LogP contribution in [0.1, 0.15) is 38.7 Å². The molecule has 1 aromatic rings. The van der Waals surface area contributed by atoms with Gasteiger partial charge in [-0.05, 0) is 43.1 Å². The highest BCUT2D eigenvalue weighted by atomic mass is 32.2. The second kappa shape index (κ2) is 9.37. The summed E-state index contributed by atoms with van der Waals surface area (Å²) in [4.78, 5) is 12.4. The molecular weight excluding hydrogens is 374 g/mol. The van der Waals surface area contributed by atoms with E-state index >= 15 is 0 Å². The third kappa shape index (κ3) is 5.33. The van der Waals surface area contributed by atoms with Gasteiger partial charge >= 0.3 is 0 Å². The summed E-state index contributed by atoms with van der Waals surface area (Å²) in [6.45, 7) is 6.91. The lowest BCUT2D eigenvalue weighted by Gasteiger charge is -2.39. The Morgan fingerprint density at radius 2 is 1.64 bits per heavy atom. The van der Waals surface area contributed by atoms with Gasteiger partial charge < -0.3 is 5.32 Å². The predicted octanol–water partition coefficient (Wildman–Crippen LogP) is 2.28. The summed E-state index contributed by atoms with van der Waals surface area (Å²) in [6, 6.07) is 10.1. The van der Waals surface area contributed by atoms with E-state index in [-0.39, 0.29) is 11.8 Å². The summed E-state index contributed by atoms with van der Waals surface area (Å²) in [7, 11) is -3.42. The fourth-order valence-corrected chi connectivity index (χ4v) is 6.31. The molecule has 6 nitrogen and oxygen atoms in total. The van der Waals surface area contributed by atoms with Crippen molar-refractivity contribution in [2.45, 2.75) is 39.5 Å². The number of amides is 1. The van der Waals surface area contributed by atoms with Gasteiger partial charge in [0.1, 0.15) is 0 Å². The number of rotatable bonds is 6. The number of piperidine rings is 2. The molecule has 7 heteroatoms. The molecule has 0 unspecified atom stereocenters. The van der Waals surface area contributed by atoms with E-state index in [0.717, 1.165) is 12.8 Å². The molecule has 28 heavy (non-hydrogen) atoms. The molecule has 1 amide bonds. The molecule has 0 spiro atoms.